The Bertz CT molecular complexity index is 834. The second kappa shape index (κ2) is 6.91. The lowest BCUT2D eigenvalue weighted by atomic mass is 10.2. The number of pyridine rings is 1. The first-order chi connectivity index (χ1) is 12.7. The number of hydrogen-bond donors (Lipinski definition) is 1. The summed E-state index contributed by atoms with van der Waals surface area (Å²) < 4.78 is 10.7. The van der Waals surface area contributed by atoms with Crippen molar-refractivity contribution in [3.8, 4) is 11.5 Å². The van der Waals surface area contributed by atoms with Crippen LogP contribution in [0.15, 0.2) is 36.5 Å². The fraction of sp³-hybridized carbons (Fsp3) is 0.278. The Balaban J connectivity index is 1.46. The van der Waals surface area contributed by atoms with Gasteiger partial charge in [0.25, 0.3) is 5.91 Å². The van der Waals surface area contributed by atoms with Crippen LogP contribution in [-0.4, -0.2) is 60.1 Å². The maximum Gasteiger partial charge on any atom is 0.254 e. The summed E-state index contributed by atoms with van der Waals surface area (Å²) in [5, 5.41) is 3.18. The molecule has 1 fully saturated rings. The van der Waals surface area contributed by atoms with Crippen molar-refractivity contribution in [2.75, 3.05) is 38.3 Å². The number of piperazine rings is 1. The summed E-state index contributed by atoms with van der Waals surface area (Å²) in [6.07, 6.45) is 2.42. The predicted molar refractivity (Wildman–Crippen MR) is 93.6 cm³/mol. The third kappa shape index (κ3) is 3.26. The topological polar surface area (TPSA) is 84.0 Å². The molecule has 4 rings (SSSR count). The molecule has 0 saturated carbocycles. The number of carbonyl (C=O) groups is 2. The number of fused-ring (bicyclic) bond motifs is 1. The van der Waals surface area contributed by atoms with Gasteiger partial charge in [0.1, 0.15) is 5.82 Å². The van der Waals surface area contributed by atoms with Gasteiger partial charge in [-0.2, -0.15) is 0 Å². The molecule has 0 aliphatic carbocycles. The second-order valence-electron chi connectivity index (χ2n) is 6.06. The first kappa shape index (κ1) is 16.2. The van der Waals surface area contributed by atoms with Crippen molar-refractivity contribution >= 4 is 23.8 Å². The second-order valence-corrected chi connectivity index (χ2v) is 6.06. The Hall–Kier alpha value is -3.29. The molecule has 26 heavy (non-hydrogen) atoms. The zero-order chi connectivity index (χ0) is 17.9. The normalized spacial score (nSPS) is 15.7. The number of anilines is 2. The van der Waals surface area contributed by atoms with Crippen molar-refractivity contribution in [3.63, 3.8) is 0 Å². The van der Waals surface area contributed by atoms with Crippen molar-refractivity contribution in [2.24, 2.45) is 0 Å². The number of nitrogens with zero attached hydrogens (tertiary/aromatic N) is 3. The number of nitrogens with one attached hydrogen (secondary N) is 1. The largest absolute Gasteiger partial charge is 0.454 e. The van der Waals surface area contributed by atoms with Gasteiger partial charge in [0.2, 0.25) is 13.2 Å². The molecule has 8 heteroatoms. The third-order valence-corrected chi connectivity index (χ3v) is 4.40. The van der Waals surface area contributed by atoms with Gasteiger partial charge in [-0.15, -0.1) is 0 Å². The van der Waals surface area contributed by atoms with Crippen LogP contribution in [0.4, 0.5) is 11.5 Å². The minimum atomic E-state index is -0.0633. The molecule has 1 aromatic heterocycles. The van der Waals surface area contributed by atoms with E-state index < -0.39 is 0 Å². The number of amides is 2. The maximum atomic E-state index is 12.7. The standard InChI is InChI=1S/C18H18N4O4/c23-11-21-5-7-22(8-6-21)18(24)13-3-4-19-17(9-13)20-14-1-2-15-16(10-14)26-12-25-15/h1-4,9-11H,5-8,12H2,(H,19,20). The van der Waals surface area contributed by atoms with Crippen molar-refractivity contribution in [1.82, 2.24) is 14.8 Å². The highest BCUT2D eigenvalue weighted by molar-refractivity contribution is 5.95. The summed E-state index contributed by atoms with van der Waals surface area (Å²) in [5.41, 5.74) is 1.36. The summed E-state index contributed by atoms with van der Waals surface area (Å²) in [5.74, 6) is 1.89. The van der Waals surface area contributed by atoms with Crippen molar-refractivity contribution in [3.05, 3.63) is 42.1 Å². The summed E-state index contributed by atoms with van der Waals surface area (Å²) in [4.78, 5) is 31.2. The number of ether oxygens (including phenoxy) is 2. The van der Waals surface area contributed by atoms with Crippen LogP contribution in [0.2, 0.25) is 0 Å². The molecule has 0 radical (unpaired) electrons. The molecule has 0 unspecified atom stereocenters. The van der Waals surface area contributed by atoms with E-state index >= 15 is 0 Å². The molecule has 2 aliphatic rings. The highest BCUT2D eigenvalue weighted by Gasteiger charge is 2.21. The molecule has 2 aromatic rings. The van der Waals surface area contributed by atoms with Gasteiger partial charge in [-0.05, 0) is 24.3 Å². The van der Waals surface area contributed by atoms with E-state index in [9.17, 15) is 9.59 Å². The molecular formula is C18H18N4O4. The average molecular weight is 354 g/mol. The molecule has 2 amide bonds. The van der Waals surface area contributed by atoms with Crippen LogP contribution in [0, 0.1) is 0 Å². The SMILES string of the molecule is O=CN1CCN(C(=O)c2ccnc(Nc3ccc4c(c3)OCO4)c2)CC1. The highest BCUT2D eigenvalue weighted by Crippen LogP contribution is 2.34. The zero-order valence-electron chi connectivity index (χ0n) is 14.1. The average Bonchev–Trinajstić information content (AvgIpc) is 3.15. The van der Waals surface area contributed by atoms with E-state index in [1.165, 1.54) is 0 Å². The van der Waals surface area contributed by atoms with Gasteiger partial charge >= 0.3 is 0 Å². The smallest absolute Gasteiger partial charge is 0.254 e. The van der Waals surface area contributed by atoms with E-state index in [1.54, 1.807) is 28.1 Å². The van der Waals surface area contributed by atoms with Crippen molar-refractivity contribution in [1.29, 1.82) is 0 Å². The van der Waals surface area contributed by atoms with E-state index in [4.69, 9.17) is 9.47 Å². The maximum absolute atomic E-state index is 12.7. The predicted octanol–water partition coefficient (Wildman–Crippen LogP) is 1.47. The summed E-state index contributed by atoms with van der Waals surface area (Å²) in [6, 6.07) is 8.93. The summed E-state index contributed by atoms with van der Waals surface area (Å²) >= 11 is 0. The molecule has 3 heterocycles. The molecule has 134 valence electrons. The number of hydrogen-bond acceptors (Lipinski definition) is 6. The zero-order valence-corrected chi connectivity index (χ0v) is 14.1. The first-order valence-corrected chi connectivity index (χ1v) is 8.34. The van der Waals surface area contributed by atoms with Crippen LogP contribution in [0.3, 0.4) is 0 Å². The fourth-order valence-corrected chi connectivity index (χ4v) is 2.97. The van der Waals surface area contributed by atoms with E-state index in [2.05, 4.69) is 10.3 Å². The Labute approximate surface area is 150 Å². The number of rotatable bonds is 4. The quantitative estimate of drug-likeness (QED) is 0.837. The van der Waals surface area contributed by atoms with Crippen molar-refractivity contribution < 1.29 is 19.1 Å². The van der Waals surface area contributed by atoms with E-state index in [0.29, 0.717) is 49.1 Å². The lowest BCUT2D eigenvalue weighted by molar-refractivity contribution is -0.119. The van der Waals surface area contributed by atoms with Gasteiger partial charge in [0.05, 0.1) is 0 Å². The third-order valence-electron chi connectivity index (χ3n) is 4.40. The summed E-state index contributed by atoms with van der Waals surface area (Å²) in [7, 11) is 0. The molecular weight excluding hydrogens is 336 g/mol. The van der Waals surface area contributed by atoms with Gasteiger partial charge in [0, 0.05) is 49.7 Å². The number of aromatic nitrogens is 1. The highest BCUT2D eigenvalue weighted by atomic mass is 16.7. The molecule has 1 N–H and O–H groups in total. The lowest BCUT2D eigenvalue weighted by Gasteiger charge is -2.32. The minimum Gasteiger partial charge on any atom is -0.454 e. The molecule has 8 nitrogen and oxygen atoms in total. The number of benzene rings is 1. The molecule has 0 atom stereocenters. The van der Waals surface area contributed by atoms with Crippen LogP contribution in [0.25, 0.3) is 0 Å². The van der Waals surface area contributed by atoms with Gasteiger partial charge in [-0.3, -0.25) is 9.59 Å². The minimum absolute atomic E-state index is 0.0633. The van der Waals surface area contributed by atoms with Crippen LogP contribution in [0.1, 0.15) is 10.4 Å². The van der Waals surface area contributed by atoms with Crippen LogP contribution in [-0.2, 0) is 4.79 Å². The fourth-order valence-electron chi connectivity index (χ4n) is 2.97. The summed E-state index contributed by atoms with van der Waals surface area (Å²) in [6.45, 7) is 2.40. The molecule has 0 bridgehead atoms. The lowest BCUT2D eigenvalue weighted by Crippen LogP contribution is -2.48. The Morgan fingerprint density at radius 3 is 2.69 bits per heavy atom. The first-order valence-electron chi connectivity index (χ1n) is 8.34. The Morgan fingerprint density at radius 2 is 1.88 bits per heavy atom. The van der Waals surface area contributed by atoms with Gasteiger partial charge in [-0.1, -0.05) is 0 Å². The van der Waals surface area contributed by atoms with E-state index in [0.717, 1.165) is 12.1 Å². The van der Waals surface area contributed by atoms with Crippen LogP contribution >= 0.6 is 0 Å². The van der Waals surface area contributed by atoms with Crippen LogP contribution in [0.5, 0.6) is 11.5 Å². The monoisotopic (exact) mass is 354 g/mol. The molecule has 1 aromatic carbocycles. The van der Waals surface area contributed by atoms with Crippen molar-refractivity contribution in [2.45, 2.75) is 0 Å². The van der Waals surface area contributed by atoms with Gasteiger partial charge in [0.15, 0.2) is 11.5 Å². The van der Waals surface area contributed by atoms with Gasteiger partial charge < -0.3 is 24.6 Å². The molecule has 1 saturated heterocycles. The van der Waals surface area contributed by atoms with E-state index in [-0.39, 0.29) is 12.7 Å². The Morgan fingerprint density at radius 1 is 1.08 bits per heavy atom. The van der Waals surface area contributed by atoms with Crippen LogP contribution < -0.4 is 14.8 Å². The molecule has 2 aliphatic heterocycles. The Kier molecular flexibility index (Phi) is 4.30. The molecule has 0 spiro atoms. The van der Waals surface area contributed by atoms with E-state index in [1.807, 2.05) is 18.2 Å². The van der Waals surface area contributed by atoms with Gasteiger partial charge in [-0.25, -0.2) is 4.98 Å². The number of carbonyl (C=O) groups excluding carboxylic acids is 2.